The number of esters is 1. The van der Waals surface area contributed by atoms with E-state index in [4.69, 9.17) is 14.2 Å². The zero-order valence-corrected chi connectivity index (χ0v) is 12.3. The van der Waals surface area contributed by atoms with Crippen LogP contribution in [0.2, 0.25) is 0 Å². The molecule has 6 nitrogen and oxygen atoms in total. The molecule has 0 bridgehead atoms. The maximum Gasteiger partial charge on any atom is 0.330 e. The molecule has 114 valence electrons. The number of hydrogen-bond acceptors (Lipinski definition) is 5. The van der Waals surface area contributed by atoms with Gasteiger partial charge in [0.1, 0.15) is 0 Å². The van der Waals surface area contributed by atoms with Crippen LogP contribution >= 0.6 is 0 Å². The fourth-order valence-corrected chi connectivity index (χ4v) is 1.56. The van der Waals surface area contributed by atoms with E-state index < -0.39 is 5.97 Å². The fourth-order valence-electron chi connectivity index (χ4n) is 1.56. The molecule has 0 fully saturated rings. The maximum absolute atomic E-state index is 11.5. The first-order chi connectivity index (χ1) is 10.1. The van der Waals surface area contributed by atoms with E-state index in [0.29, 0.717) is 18.0 Å². The molecule has 1 amide bonds. The molecule has 0 atom stereocenters. The van der Waals surface area contributed by atoms with Gasteiger partial charge in [0.05, 0.1) is 14.2 Å². The normalized spacial score (nSPS) is 10.2. The van der Waals surface area contributed by atoms with Crippen molar-refractivity contribution in [3.05, 3.63) is 35.9 Å². The maximum atomic E-state index is 11.5. The van der Waals surface area contributed by atoms with Gasteiger partial charge in [-0.1, -0.05) is 12.1 Å². The molecule has 0 spiro atoms. The molecule has 1 aromatic carbocycles. The molecular weight excluding hydrogens is 274 g/mol. The Kier molecular flexibility index (Phi) is 6.80. The van der Waals surface area contributed by atoms with E-state index in [9.17, 15) is 9.59 Å². The van der Waals surface area contributed by atoms with Crippen molar-refractivity contribution in [2.24, 2.45) is 0 Å². The second kappa shape index (κ2) is 8.63. The Morgan fingerprint density at radius 2 is 1.90 bits per heavy atom. The van der Waals surface area contributed by atoms with Gasteiger partial charge in [0.2, 0.25) is 0 Å². The van der Waals surface area contributed by atoms with Gasteiger partial charge >= 0.3 is 5.97 Å². The van der Waals surface area contributed by atoms with Crippen molar-refractivity contribution in [1.82, 2.24) is 5.32 Å². The summed E-state index contributed by atoms with van der Waals surface area (Å²) in [5.41, 5.74) is 0.848. The minimum absolute atomic E-state index is 0.306. The Morgan fingerprint density at radius 3 is 2.52 bits per heavy atom. The molecule has 0 saturated carbocycles. The number of rotatable bonds is 7. The Morgan fingerprint density at radius 1 is 1.19 bits per heavy atom. The van der Waals surface area contributed by atoms with E-state index in [1.165, 1.54) is 6.08 Å². The van der Waals surface area contributed by atoms with Crippen molar-refractivity contribution >= 4 is 11.9 Å². The van der Waals surface area contributed by atoms with Gasteiger partial charge in [0.15, 0.2) is 18.1 Å². The van der Waals surface area contributed by atoms with E-state index in [1.54, 1.807) is 39.4 Å². The summed E-state index contributed by atoms with van der Waals surface area (Å²) in [5.74, 6) is 0.290. The molecule has 21 heavy (non-hydrogen) atoms. The third-order valence-electron chi connectivity index (χ3n) is 2.59. The highest BCUT2D eigenvalue weighted by atomic mass is 16.5. The number of allylic oxidation sites excluding steroid dienone is 1. The van der Waals surface area contributed by atoms with Crippen LogP contribution in [0.4, 0.5) is 0 Å². The lowest BCUT2D eigenvalue weighted by Gasteiger charge is -2.10. The van der Waals surface area contributed by atoms with Crippen LogP contribution in [0.3, 0.4) is 0 Å². The van der Waals surface area contributed by atoms with Crippen LogP contribution in [0.5, 0.6) is 11.5 Å². The van der Waals surface area contributed by atoms with Gasteiger partial charge in [-0.15, -0.1) is 0 Å². The molecule has 0 aliphatic heterocycles. The van der Waals surface area contributed by atoms with Crippen molar-refractivity contribution < 1.29 is 23.8 Å². The van der Waals surface area contributed by atoms with Crippen LogP contribution in [-0.4, -0.2) is 32.7 Å². The molecular formula is C15H19NO5. The summed E-state index contributed by atoms with van der Waals surface area (Å²) < 4.78 is 15.0. The van der Waals surface area contributed by atoms with E-state index in [-0.39, 0.29) is 12.5 Å². The number of amides is 1. The molecule has 0 heterocycles. The van der Waals surface area contributed by atoms with Gasteiger partial charge in [-0.25, -0.2) is 4.79 Å². The summed E-state index contributed by atoms with van der Waals surface area (Å²) in [6, 6.07) is 5.34. The summed E-state index contributed by atoms with van der Waals surface area (Å²) in [6.07, 6.45) is 2.80. The summed E-state index contributed by atoms with van der Waals surface area (Å²) in [7, 11) is 3.10. The third-order valence-corrected chi connectivity index (χ3v) is 2.59. The molecule has 1 aromatic rings. The Balaban J connectivity index is 2.48. The number of hydrogen-bond donors (Lipinski definition) is 1. The lowest BCUT2D eigenvalue weighted by Crippen LogP contribution is -2.28. The number of benzene rings is 1. The highest BCUT2D eigenvalue weighted by Gasteiger charge is 2.07. The van der Waals surface area contributed by atoms with Crippen LogP contribution in [0, 0.1) is 0 Å². The lowest BCUT2D eigenvalue weighted by molar-refractivity contribution is -0.143. The Hall–Kier alpha value is -2.50. The van der Waals surface area contributed by atoms with Crippen LogP contribution < -0.4 is 14.8 Å². The number of carbonyl (C=O) groups excluding carboxylic acids is 2. The molecule has 0 saturated heterocycles. The van der Waals surface area contributed by atoms with Crippen molar-refractivity contribution in [1.29, 1.82) is 0 Å². The second-order valence-electron chi connectivity index (χ2n) is 4.07. The van der Waals surface area contributed by atoms with Gasteiger partial charge in [-0.2, -0.15) is 0 Å². The first kappa shape index (κ1) is 16.6. The number of nitrogens with one attached hydrogen (secondary N) is 1. The highest BCUT2D eigenvalue weighted by Crippen LogP contribution is 2.27. The standard InChI is InChI=1S/C15H19NO5/c1-4-5-15(18)21-10-14(17)16-9-11-6-7-12(19-2)13(8-11)20-3/h4-8H,9-10H2,1-3H3,(H,16,17)/b5-4+. The second-order valence-corrected chi connectivity index (χ2v) is 4.07. The zero-order chi connectivity index (χ0) is 15.7. The number of carbonyl (C=O) groups is 2. The van der Waals surface area contributed by atoms with Gasteiger partial charge in [-0.3, -0.25) is 4.79 Å². The Bertz CT molecular complexity index is 525. The molecule has 1 rings (SSSR count). The van der Waals surface area contributed by atoms with Crippen LogP contribution in [0.25, 0.3) is 0 Å². The van der Waals surface area contributed by atoms with Gasteiger partial charge in [-0.05, 0) is 24.6 Å². The number of methoxy groups -OCH3 is 2. The van der Waals surface area contributed by atoms with Crippen molar-refractivity contribution in [2.75, 3.05) is 20.8 Å². The first-order valence-corrected chi connectivity index (χ1v) is 6.37. The SMILES string of the molecule is C/C=C/C(=O)OCC(=O)NCc1ccc(OC)c(OC)c1. The predicted octanol–water partition coefficient (Wildman–Crippen LogP) is 1.44. The minimum Gasteiger partial charge on any atom is -0.493 e. The minimum atomic E-state index is -0.543. The van der Waals surface area contributed by atoms with E-state index in [1.807, 2.05) is 6.07 Å². The van der Waals surface area contributed by atoms with Crippen molar-refractivity contribution in [2.45, 2.75) is 13.5 Å². The smallest absolute Gasteiger partial charge is 0.330 e. The summed E-state index contributed by atoms with van der Waals surface area (Å²) in [4.78, 5) is 22.6. The largest absolute Gasteiger partial charge is 0.493 e. The molecule has 0 unspecified atom stereocenters. The van der Waals surface area contributed by atoms with E-state index in [2.05, 4.69) is 5.32 Å². The van der Waals surface area contributed by atoms with Crippen molar-refractivity contribution in [3.8, 4) is 11.5 Å². The van der Waals surface area contributed by atoms with Crippen LogP contribution in [-0.2, 0) is 20.9 Å². The third kappa shape index (κ3) is 5.56. The predicted molar refractivity (Wildman–Crippen MR) is 77.2 cm³/mol. The number of ether oxygens (including phenoxy) is 3. The van der Waals surface area contributed by atoms with E-state index in [0.717, 1.165) is 5.56 Å². The highest BCUT2D eigenvalue weighted by molar-refractivity contribution is 5.85. The van der Waals surface area contributed by atoms with Crippen LogP contribution in [0.15, 0.2) is 30.4 Å². The van der Waals surface area contributed by atoms with Crippen LogP contribution in [0.1, 0.15) is 12.5 Å². The fraction of sp³-hybridized carbons (Fsp3) is 0.333. The Labute approximate surface area is 123 Å². The molecule has 0 aliphatic carbocycles. The van der Waals surface area contributed by atoms with Gasteiger partial charge < -0.3 is 19.5 Å². The quantitative estimate of drug-likeness (QED) is 0.608. The zero-order valence-electron chi connectivity index (χ0n) is 12.3. The van der Waals surface area contributed by atoms with Crippen molar-refractivity contribution in [3.63, 3.8) is 0 Å². The molecule has 6 heteroatoms. The lowest BCUT2D eigenvalue weighted by atomic mass is 10.2. The summed E-state index contributed by atoms with van der Waals surface area (Å²) in [6.45, 7) is 1.69. The summed E-state index contributed by atoms with van der Waals surface area (Å²) in [5, 5.41) is 2.65. The average molecular weight is 293 g/mol. The monoisotopic (exact) mass is 293 g/mol. The molecule has 0 aromatic heterocycles. The van der Waals surface area contributed by atoms with E-state index >= 15 is 0 Å². The van der Waals surface area contributed by atoms with Gasteiger partial charge in [0, 0.05) is 12.6 Å². The topological polar surface area (TPSA) is 73.9 Å². The molecule has 0 radical (unpaired) electrons. The summed E-state index contributed by atoms with van der Waals surface area (Å²) >= 11 is 0. The molecule has 1 N–H and O–H groups in total. The van der Waals surface area contributed by atoms with Gasteiger partial charge in [0.25, 0.3) is 5.91 Å². The molecule has 0 aliphatic rings. The average Bonchev–Trinajstić information content (AvgIpc) is 2.50. The first-order valence-electron chi connectivity index (χ1n) is 6.37.